The zero-order valence-electron chi connectivity index (χ0n) is 12.1. The van der Waals surface area contributed by atoms with Crippen molar-refractivity contribution in [1.29, 1.82) is 0 Å². The Balaban J connectivity index is 2.27. The van der Waals surface area contributed by atoms with Gasteiger partial charge in [-0.1, -0.05) is 35.5 Å². The molecule has 1 heterocycles. The smallest absolute Gasteiger partial charge is 0.237 e. The number of carbonyl (C=O) groups excluding carboxylic acids is 1. The SMILES string of the molecule is CC1(O)CCCN(C(=O)C(/C(N)=N/O)c2ccccc2)C1. The number of aliphatic hydroxyl groups is 1. The van der Waals surface area contributed by atoms with E-state index >= 15 is 0 Å². The second kappa shape index (κ2) is 6.13. The van der Waals surface area contributed by atoms with E-state index in [1.807, 2.05) is 6.07 Å². The molecule has 1 aliphatic rings. The van der Waals surface area contributed by atoms with E-state index in [4.69, 9.17) is 10.9 Å². The van der Waals surface area contributed by atoms with E-state index in [0.717, 1.165) is 6.42 Å². The van der Waals surface area contributed by atoms with Gasteiger partial charge in [0.15, 0.2) is 5.84 Å². The molecule has 6 nitrogen and oxygen atoms in total. The van der Waals surface area contributed by atoms with E-state index < -0.39 is 11.5 Å². The van der Waals surface area contributed by atoms with Crippen molar-refractivity contribution in [2.24, 2.45) is 10.9 Å². The summed E-state index contributed by atoms with van der Waals surface area (Å²) >= 11 is 0. The highest BCUT2D eigenvalue weighted by Crippen LogP contribution is 2.25. The number of hydrogen-bond acceptors (Lipinski definition) is 4. The number of carbonyl (C=O) groups is 1. The van der Waals surface area contributed by atoms with E-state index in [-0.39, 0.29) is 18.3 Å². The number of nitrogens with two attached hydrogens (primary N) is 1. The number of amides is 1. The van der Waals surface area contributed by atoms with Gasteiger partial charge in [0.1, 0.15) is 5.92 Å². The van der Waals surface area contributed by atoms with Gasteiger partial charge in [0.25, 0.3) is 0 Å². The monoisotopic (exact) mass is 291 g/mol. The summed E-state index contributed by atoms with van der Waals surface area (Å²) in [4.78, 5) is 14.3. The summed E-state index contributed by atoms with van der Waals surface area (Å²) in [6.45, 7) is 2.54. The van der Waals surface area contributed by atoms with Crippen LogP contribution in [-0.2, 0) is 4.79 Å². The predicted octanol–water partition coefficient (Wildman–Crippen LogP) is 0.890. The lowest BCUT2D eigenvalue weighted by molar-refractivity contribution is -0.137. The van der Waals surface area contributed by atoms with E-state index in [2.05, 4.69) is 5.16 Å². The summed E-state index contributed by atoms with van der Waals surface area (Å²) in [5.74, 6) is -1.22. The quantitative estimate of drug-likeness (QED) is 0.333. The first kappa shape index (κ1) is 15.3. The van der Waals surface area contributed by atoms with E-state index in [1.165, 1.54) is 0 Å². The molecule has 1 aliphatic heterocycles. The Morgan fingerprint density at radius 3 is 2.67 bits per heavy atom. The number of amidine groups is 1. The minimum atomic E-state index is -0.889. The Morgan fingerprint density at radius 1 is 1.43 bits per heavy atom. The van der Waals surface area contributed by atoms with Crippen LogP contribution in [0.3, 0.4) is 0 Å². The fourth-order valence-corrected chi connectivity index (χ4v) is 2.73. The van der Waals surface area contributed by atoms with Crippen molar-refractivity contribution in [2.75, 3.05) is 13.1 Å². The predicted molar refractivity (Wildman–Crippen MR) is 79.0 cm³/mol. The molecule has 0 radical (unpaired) electrons. The fourth-order valence-electron chi connectivity index (χ4n) is 2.73. The minimum Gasteiger partial charge on any atom is -0.409 e. The zero-order chi connectivity index (χ0) is 15.5. The Labute approximate surface area is 123 Å². The van der Waals surface area contributed by atoms with Crippen molar-refractivity contribution in [2.45, 2.75) is 31.3 Å². The van der Waals surface area contributed by atoms with Crippen molar-refractivity contribution in [1.82, 2.24) is 4.90 Å². The van der Waals surface area contributed by atoms with Crippen LogP contribution < -0.4 is 5.73 Å². The van der Waals surface area contributed by atoms with Crippen LogP contribution in [-0.4, -0.2) is 45.6 Å². The first-order valence-electron chi connectivity index (χ1n) is 6.98. The van der Waals surface area contributed by atoms with Crippen molar-refractivity contribution >= 4 is 11.7 Å². The Kier molecular flexibility index (Phi) is 4.47. The molecule has 4 N–H and O–H groups in total. The van der Waals surface area contributed by atoms with Gasteiger partial charge in [-0.15, -0.1) is 0 Å². The van der Waals surface area contributed by atoms with Crippen LogP contribution in [0.4, 0.5) is 0 Å². The molecule has 1 amide bonds. The van der Waals surface area contributed by atoms with E-state index in [9.17, 15) is 9.90 Å². The number of β-amino-alcohol motifs (C(OH)–C–C–N with tert-alkyl or cyclic N) is 1. The highest BCUT2D eigenvalue weighted by atomic mass is 16.4. The van der Waals surface area contributed by atoms with Crippen LogP contribution in [0.2, 0.25) is 0 Å². The maximum absolute atomic E-state index is 12.7. The summed E-state index contributed by atoms with van der Waals surface area (Å²) in [6.07, 6.45) is 1.40. The number of hydrogen-bond donors (Lipinski definition) is 3. The lowest BCUT2D eigenvalue weighted by Gasteiger charge is -2.38. The van der Waals surface area contributed by atoms with Crippen molar-refractivity contribution in [3.05, 3.63) is 35.9 Å². The third-order valence-corrected chi connectivity index (χ3v) is 3.78. The van der Waals surface area contributed by atoms with Crippen LogP contribution in [0, 0.1) is 0 Å². The molecule has 0 aliphatic carbocycles. The number of benzene rings is 1. The largest absolute Gasteiger partial charge is 0.409 e. The lowest BCUT2D eigenvalue weighted by Crippen LogP contribution is -2.51. The van der Waals surface area contributed by atoms with Crippen LogP contribution in [0.25, 0.3) is 0 Å². The normalized spacial score (nSPS) is 24.7. The standard InChI is InChI=1S/C15H21N3O3/c1-15(20)8-5-9-18(10-15)14(19)12(13(16)17-21)11-6-3-2-4-7-11/h2-4,6-7,12,20-21H,5,8-10H2,1H3,(H2,16,17). The summed E-state index contributed by atoms with van der Waals surface area (Å²) in [5.41, 5.74) is 5.50. The lowest BCUT2D eigenvalue weighted by atomic mass is 9.91. The van der Waals surface area contributed by atoms with Crippen molar-refractivity contribution in [3.8, 4) is 0 Å². The summed E-state index contributed by atoms with van der Waals surface area (Å²) in [5, 5.41) is 22.1. The van der Waals surface area contributed by atoms with Crippen molar-refractivity contribution < 1.29 is 15.1 Å². The zero-order valence-corrected chi connectivity index (χ0v) is 12.1. The number of likely N-dealkylation sites (tertiary alicyclic amines) is 1. The summed E-state index contributed by atoms with van der Waals surface area (Å²) in [6, 6.07) is 8.97. The highest BCUT2D eigenvalue weighted by Gasteiger charge is 2.36. The maximum atomic E-state index is 12.7. The summed E-state index contributed by atoms with van der Waals surface area (Å²) < 4.78 is 0. The molecule has 2 unspecified atom stereocenters. The van der Waals surface area contributed by atoms with Crippen LogP contribution in [0.15, 0.2) is 35.5 Å². The Hall–Kier alpha value is -2.08. The first-order valence-corrected chi connectivity index (χ1v) is 6.98. The minimum absolute atomic E-state index is 0.142. The highest BCUT2D eigenvalue weighted by molar-refractivity contribution is 6.07. The van der Waals surface area contributed by atoms with Gasteiger partial charge in [0.2, 0.25) is 5.91 Å². The molecule has 2 atom stereocenters. The average Bonchev–Trinajstić information content (AvgIpc) is 2.47. The third kappa shape index (κ3) is 3.52. The second-order valence-electron chi connectivity index (χ2n) is 5.73. The molecule has 114 valence electrons. The molecule has 1 aromatic rings. The van der Waals surface area contributed by atoms with Crippen molar-refractivity contribution in [3.63, 3.8) is 0 Å². The number of rotatable bonds is 3. The Morgan fingerprint density at radius 2 is 2.10 bits per heavy atom. The van der Waals surface area contributed by atoms with Gasteiger partial charge in [-0.2, -0.15) is 0 Å². The number of nitrogens with zero attached hydrogens (tertiary/aromatic N) is 2. The molecule has 0 spiro atoms. The molecular weight excluding hydrogens is 270 g/mol. The molecule has 0 aromatic heterocycles. The van der Waals surface area contributed by atoms with Crippen LogP contribution in [0.1, 0.15) is 31.2 Å². The Bertz CT molecular complexity index is 528. The molecule has 6 heteroatoms. The maximum Gasteiger partial charge on any atom is 0.237 e. The van der Waals surface area contributed by atoms with Gasteiger partial charge in [-0.05, 0) is 25.3 Å². The molecule has 0 bridgehead atoms. The molecule has 1 aromatic carbocycles. The fraction of sp³-hybridized carbons (Fsp3) is 0.467. The van der Waals surface area contributed by atoms with Crippen LogP contribution >= 0.6 is 0 Å². The van der Waals surface area contributed by atoms with Gasteiger partial charge in [0, 0.05) is 13.1 Å². The molecule has 21 heavy (non-hydrogen) atoms. The van der Waals surface area contributed by atoms with Gasteiger partial charge in [-0.25, -0.2) is 0 Å². The molecule has 1 fully saturated rings. The first-order chi connectivity index (χ1) is 9.94. The average molecular weight is 291 g/mol. The van der Waals surface area contributed by atoms with E-state index in [0.29, 0.717) is 18.5 Å². The number of piperidine rings is 1. The second-order valence-corrected chi connectivity index (χ2v) is 5.73. The molecule has 1 saturated heterocycles. The number of oxime groups is 1. The summed E-state index contributed by atoms with van der Waals surface area (Å²) in [7, 11) is 0. The van der Waals surface area contributed by atoms with Gasteiger partial charge in [-0.3, -0.25) is 4.79 Å². The van der Waals surface area contributed by atoms with E-state index in [1.54, 1.807) is 36.1 Å². The topological polar surface area (TPSA) is 99.2 Å². The van der Waals surface area contributed by atoms with Gasteiger partial charge in [0.05, 0.1) is 5.60 Å². The van der Waals surface area contributed by atoms with Crippen LogP contribution in [0.5, 0.6) is 0 Å². The van der Waals surface area contributed by atoms with Gasteiger partial charge >= 0.3 is 0 Å². The molecular formula is C15H21N3O3. The van der Waals surface area contributed by atoms with Gasteiger partial charge < -0.3 is 20.9 Å². The molecule has 0 saturated carbocycles. The molecule has 2 rings (SSSR count). The third-order valence-electron chi connectivity index (χ3n) is 3.78.